The fourth-order valence-electron chi connectivity index (χ4n) is 2.78. The highest BCUT2D eigenvalue weighted by Crippen LogP contribution is 2.17. The molecule has 1 aliphatic rings. The lowest BCUT2D eigenvalue weighted by atomic mass is 10.0. The monoisotopic (exact) mass is 264 g/mol. The number of phenolic OH excluding ortho intramolecular Hbond substituents is 1. The maximum atomic E-state index is 10.5. The molecule has 19 heavy (non-hydrogen) atoms. The molecule has 1 heterocycles. The summed E-state index contributed by atoms with van der Waals surface area (Å²) in [4.78, 5) is 4.52. The molecule has 1 saturated heterocycles. The Morgan fingerprint density at radius 3 is 2.84 bits per heavy atom. The van der Waals surface area contributed by atoms with Gasteiger partial charge in [-0.15, -0.1) is 0 Å². The van der Waals surface area contributed by atoms with Crippen LogP contribution in [0.25, 0.3) is 0 Å². The number of rotatable bonds is 3. The van der Waals surface area contributed by atoms with Crippen molar-refractivity contribution in [2.75, 3.05) is 33.7 Å². The topological polar surface area (TPSA) is 46.9 Å². The lowest BCUT2D eigenvalue weighted by Crippen LogP contribution is -2.46. The van der Waals surface area contributed by atoms with Gasteiger partial charge < -0.3 is 15.1 Å². The molecular weight excluding hydrogens is 240 g/mol. The number of phenols is 1. The molecule has 2 N–H and O–H groups in total. The van der Waals surface area contributed by atoms with E-state index in [9.17, 15) is 10.2 Å². The maximum absolute atomic E-state index is 10.5. The third kappa shape index (κ3) is 3.93. The zero-order chi connectivity index (χ0) is 13.8. The first-order valence-corrected chi connectivity index (χ1v) is 6.91. The lowest BCUT2D eigenvalue weighted by molar-refractivity contribution is 0.0581. The van der Waals surface area contributed by atoms with Crippen LogP contribution in [0.3, 0.4) is 0 Å². The largest absolute Gasteiger partial charge is 0.508 e. The molecule has 0 bridgehead atoms. The Hall–Kier alpha value is -1.10. The first kappa shape index (κ1) is 14.3. The minimum atomic E-state index is -0.410. The van der Waals surface area contributed by atoms with E-state index in [1.54, 1.807) is 12.1 Å². The van der Waals surface area contributed by atoms with Crippen LogP contribution in [0.1, 0.15) is 12.0 Å². The van der Waals surface area contributed by atoms with E-state index in [4.69, 9.17) is 0 Å². The first-order valence-electron chi connectivity index (χ1n) is 6.91. The highest BCUT2D eigenvalue weighted by atomic mass is 16.3. The van der Waals surface area contributed by atoms with Crippen LogP contribution in [0.5, 0.6) is 5.75 Å². The van der Waals surface area contributed by atoms with E-state index in [0.29, 0.717) is 6.42 Å². The number of hydrogen-bond donors (Lipinski definition) is 2. The number of aliphatic hydroxyl groups excluding tert-OH is 1. The molecule has 0 aromatic heterocycles. The van der Waals surface area contributed by atoms with Crippen molar-refractivity contribution in [2.45, 2.75) is 25.0 Å². The summed E-state index contributed by atoms with van der Waals surface area (Å²) in [6.07, 6.45) is 1.31. The van der Waals surface area contributed by atoms with Gasteiger partial charge in [-0.3, -0.25) is 4.90 Å². The van der Waals surface area contributed by atoms with Crippen LogP contribution >= 0.6 is 0 Å². The van der Waals surface area contributed by atoms with E-state index in [0.717, 1.165) is 31.6 Å². The van der Waals surface area contributed by atoms with Gasteiger partial charge in [-0.05, 0) is 51.3 Å². The molecule has 106 valence electrons. The van der Waals surface area contributed by atoms with Gasteiger partial charge in [0.15, 0.2) is 0 Å². The summed E-state index contributed by atoms with van der Waals surface area (Å²) < 4.78 is 0. The Morgan fingerprint density at radius 1 is 1.32 bits per heavy atom. The summed E-state index contributed by atoms with van der Waals surface area (Å²) in [5.74, 6) is 0.260. The van der Waals surface area contributed by atoms with Gasteiger partial charge in [0.2, 0.25) is 0 Å². The molecule has 2 atom stereocenters. The molecule has 0 radical (unpaired) electrons. The fraction of sp³-hybridized carbons (Fsp3) is 0.600. The van der Waals surface area contributed by atoms with Gasteiger partial charge in [0.25, 0.3) is 0 Å². The molecule has 2 unspecified atom stereocenters. The summed E-state index contributed by atoms with van der Waals surface area (Å²) in [5.41, 5.74) is 0.979. The molecule has 4 nitrogen and oxygen atoms in total. The van der Waals surface area contributed by atoms with Gasteiger partial charge in [-0.1, -0.05) is 12.1 Å². The summed E-state index contributed by atoms with van der Waals surface area (Å²) in [7, 11) is 4.18. The SMILES string of the molecule is CN1CCCN(C)C(C(O)Cc2cccc(O)c2)C1. The highest BCUT2D eigenvalue weighted by molar-refractivity contribution is 5.27. The second-order valence-electron chi connectivity index (χ2n) is 5.61. The average molecular weight is 264 g/mol. The smallest absolute Gasteiger partial charge is 0.115 e. The third-order valence-corrected chi connectivity index (χ3v) is 3.92. The molecule has 2 rings (SSSR count). The minimum absolute atomic E-state index is 0.148. The predicted molar refractivity (Wildman–Crippen MR) is 76.3 cm³/mol. The Bertz CT molecular complexity index is 411. The molecule has 0 aliphatic carbocycles. The van der Waals surface area contributed by atoms with Crippen LogP contribution in [0.4, 0.5) is 0 Å². The molecule has 1 aromatic rings. The standard InChI is InChI=1S/C15H24N2O2/c1-16-7-4-8-17(2)14(11-16)15(19)10-12-5-3-6-13(18)9-12/h3,5-6,9,14-15,18-19H,4,7-8,10-11H2,1-2H3. The van der Waals surface area contributed by atoms with E-state index in [1.165, 1.54) is 0 Å². The van der Waals surface area contributed by atoms with E-state index in [1.807, 2.05) is 12.1 Å². The molecule has 0 spiro atoms. The van der Waals surface area contributed by atoms with Crippen molar-refractivity contribution >= 4 is 0 Å². The number of nitrogens with zero attached hydrogens (tertiary/aromatic N) is 2. The third-order valence-electron chi connectivity index (χ3n) is 3.92. The second kappa shape index (κ2) is 6.37. The van der Waals surface area contributed by atoms with Crippen LogP contribution in [0.15, 0.2) is 24.3 Å². The van der Waals surface area contributed by atoms with Crippen LogP contribution in [-0.2, 0) is 6.42 Å². The van der Waals surface area contributed by atoms with Crippen LogP contribution in [-0.4, -0.2) is 65.9 Å². The summed E-state index contributed by atoms with van der Waals surface area (Å²) in [6, 6.07) is 7.30. The summed E-state index contributed by atoms with van der Waals surface area (Å²) >= 11 is 0. The summed E-state index contributed by atoms with van der Waals surface area (Å²) in [6.45, 7) is 2.99. The second-order valence-corrected chi connectivity index (χ2v) is 5.61. The molecule has 1 aromatic carbocycles. The number of benzene rings is 1. The summed E-state index contributed by atoms with van der Waals surface area (Å²) in [5, 5.41) is 20.0. The lowest BCUT2D eigenvalue weighted by Gasteiger charge is -2.31. The van der Waals surface area contributed by atoms with Gasteiger partial charge in [-0.2, -0.15) is 0 Å². The van der Waals surface area contributed by atoms with Crippen LogP contribution < -0.4 is 0 Å². The van der Waals surface area contributed by atoms with Crippen molar-refractivity contribution in [1.82, 2.24) is 9.80 Å². The predicted octanol–water partition coefficient (Wildman–Crippen LogP) is 0.931. The van der Waals surface area contributed by atoms with Crippen molar-refractivity contribution in [2.24, 2.45) is 0 Å². The number of hydrogen-bond acceptors (Lipinski definition) is 4. The Labute approximate surface area is 115 Å². The highest BCUT2D eigenvalue weighted by Gasteiger charge is 2.27. The molecular formula is C15H24N2O2. The van der Waals surface area contributed by atoms with E-state index < -0.39 is 6.10 Å². The van der Waals surface area contributed by atoms with Crippen molar-refractivity contribution in [3.63, 3.8) is 0 Å². The van der Waals surface area contributed by atoms with Gasteiger partial charge >= 0.3 is 0 Å². The zero-order valence-corrected chi connectivity index (χ0v) is 11.8. The van der Waals surface area contributed by atoms with E-state index in [-0.39, 0.29) is 11.8 Å². The quantitative estimate of drug-likeness (QED) is 0.853. The van der Waals surface area contributed by atoms with Gasteiger partial charge in [0.1, 0.15) is 5.75 Å². The fourth-order valence-corrected chi connectivity index (χ4v) is 2.78. The van der Waals surface area contributed by atoms with Gasteiger partial charge in [-0.25, -0.2) is 0 Å². The first-order chi connectivity index (χ1) is 9.06. The molecule has 1 fully saturated rings. The van der Waals surface area contributed by atoms with Crippen molar-refractivity contribution in [3.05, 3.63) is 29.8 Å². The average Bonchev–Trinajstić information content (AvgIpc) is 2.51. The molecule has 0 amide bonds. The van der Waals surface area contributed by atoms with Crippen molar-refractivity contribution in [3.8, 4) is 5.75 Å². The molecule has 0 saturated carbocycles. The van der Waals surface area contributed by atoms with E-state index >= 15 is 0 Å². The van der Waals surface area contributed by atoms with Gasteiger partial charge in [0.05, 0.1) is 6.10 Å². The minimum Gasteiger partial charge on any atom is -0.508 e. The molecule has 1 aliphatic heterocycles. The van der Waals surface area contributed by atoms with E-state index in [2.05, 4.69) is 23.9 Å². The maximum Gasteiger partial charge on any atom is 0.115 e. The van der Waals surface area contributed by atoms with Crippen molar-refractivity contribution < 1.29 is 10.2 Å². The zero-order valence-electron chi connectivity index (χ0n) is 11.8. The Kier molecular flexibility index (Phi) is 4.80. The van der Waals surface area contributed by atoms with Crippen LogP contribution in [0, 0.1) is 0 Å². The number of aromatic hydroxyl groups is 1. The van der Waals surface area contributed by atoms with Crippen LogP contribution in [0.2, 0.25) is 0 Å². The number of likely N-dealkylation sites (N-methyl/N-ethyl adjacent to an activating group) is 2. The number of aliphatic hydroxyl groups is 1. The molecule has 4 heteroatoms. The van der Waals surface area contributed by atoms with Crippen molar-refractivity contribution in [1.29, 1.82) is 0 Å². The Balaban J connectivity index is 2.03. The normalized spacial score (nSPS) is 24.1. The Morgan fingerprint density at radius 2 is 2.11 bits per heavy atom. The van der Waals surface area contributed by atoms with Gasteiger partial charge in [0, 0.05) is 19.0 Å².